The third-order valence-corrected chi connectivity index (χ3v) is 6.74. The zero-order valence-corrected chi connectivity index (χ0v) is 17.3. The van der Waals surface area contributed by atoms with Gasteiger partial charge in [0.2, 0.25) is 0 Å². The van der Waals surface area contributed by atoms with Crippen LogP contribution in [0.3, 0.4) is 0 Å². The molecule has 27 heavy (non-hydrogen) atoms. The number of rotatable bonds is 5. The minimum atomic E-state index is 0.451. The minimum Gasteiger partial charge on any atom is -0.274 e. The van der Waals surface area contributed by atoms with Crippen LogP contribution >= 0.6 is 35.0 Å². The van der Waals surface area contributed by atoms with Gasteiger partial charge in [0.25, 0.3) is 0 Å². The van der Waals surface area contributed by atoms with E-state index in [-0.39, 0.29) is 0 Å². The number of hydrogen-bond acceptors (Lipinski definition) is 3. The van der Waals surface area contributed by atoms with Crippen LogP contribution in [0.25, 0.3) is 5.69 Å². The summed E-state index contributed by atoms with van der Waals surface area (Å²) in [5.41, 5.74) is 2.25. The molecule has 1 aromatic heterocycles. The van der Waals surface area contributed by atoms with E-state index >= 15 is 0 Å². The van der Waals surface area contributed by atoms with Crippen molar-refractivity contribution in [3.63, 3.8) is 0 Å². The van der Waals surface area contributed by atoms with Crippen LogP contribution in [0.5, 0.6) is 0 Å². The predicted octanol–water partition coefficient (Wildman–Crippen LogP) is 6.91. The van der Waals surface area contributed by atoms with E-state index < -0.39 is 0 Å². The zero-order valence-electron chi connectivity index (χ0n) is 14.9. The van der Waals surface area contributed by atoms with Crippen molar-refractivity contribution in [2.45, 2.75) is 48.9 Å². The summed E-state index contributed by atoms with van der Waals surface area (Å²) in [6, 6.07) is 16.2. The van der Waals surface area contributed by atoms with Gasteiger partial charge < -0.3 is 0 Å². The maximum Gasteiger partial charge on any atom is 0.196 e. The molecule has 0 aliphatic heterocycles. The van der Waals surface area contributed by atoms with Gasteiger partial charge in [-0.2, -0.15) is 0 Å². The first-order valence-electron chi connectivity index (χ1n) is 9.30. The molecule has 0 atom stereocenters. The van der Waals surface area contributed by atoms with Crippen molar-refractivity contribution in [1.82, 2.24) is 14.8 Å². The van der Waals surface area contributed by atoms with Gasteiger partial charge in [-0.05, 0) is 36.6 Å². The zero-order chi connectivity index (χ0) is 18.6. The van der Waals surface area contributed by atoms with E-state index in [0.29, 0.717) is 16.0 Å². The van der Waals surface area contributed by atoms with Crippen molar-refractivity contribution in [3.8, 4) is 5.69 Å². The molecule has 1 saturated carbocycles. The average Bonchev–Trinajstić information content (AvgIpc) is 3.14. The molecule has 0 radical (unpaired) electrons. The smallest absolute Gasteiger partial charge is 0.196 e. The number of aromatic nitrogens is 3. The fraction of sp³-hybridized carbons (Fsp3) is 0.333. The topological polar surface area (TPSA) is 30.7 Å². The van der Waals surface area contributed by atoms with E-state index in [9.17, 15) is 0 Å². The van der Waals surface area contributed by atoms with E-state index in [1.807, 2.05) is 24.3 Å². The Morgan fingerprint density at radius 3 is 2.44 bits per heavy atom. The van der Waals surface area contributed by atoms with Crippen LogP contribution in [0.15, 0.2) is 53.7 Å². The molecule has 0 bridgehead atoms. The highest BCUT2D eigenvalue weighted by Crippen LogP contribution is 2.36. The summed E-state index contributed by atoms with van der Waals surface area (Å²) in [5.74, 6) is 2.35. The van der Waals surface area contributed by atoms with Crippen molar-refractivity contribution >= 4 is 35.0 Å². The van der Waals surface area contributed by atoms with Gasteiger partial charge >= 0.3 is 0 Å². The van der Waals surface area contributed by atoms with Crippen LogP contribution in [0, 0.1) is 0 Å². The van der Waals surface area contributed by atoms with E-state index in [1.54, 1.807) is 11.8 Å². The van der Waals surface area contributed by atoms with Crippen molar-refractivity contribution in [3.05, 3.63) is 70.0 Å². The summed E-state index contributed by atoms with van der Waals surface area (Å²) in [6.45, 7) is 0. The average molecular weight is 418 g/mol. The molecule has 1 aliphatic carbocycles. The first-order valence-corrected chi connectivity index (χ1v) is 11.0. The van der Waals surface area contributed by atoms with Crippen LogP contribution in [0.2, 0.25) is 10.0 Å². The van der Waals surface area contributed by atoms with E-state index in [2.05, 4.69) is 39.0 Å². The molecular weight excluding hydrogens is 397 g/mol. The molecule has 2 aromatic carbocycles. The molecule has 1 aliphatic rings. The Balaban J connectivity index is 1.69. The van der Waals surface area contributed by atoms with Crippen molar-refractivity contribution in [2.24, 2.45) is 0 Å². The number of benzene rings is 2. The molecule has 1 fully saturated rings. The Morgan fingerprint density at radius 1 is 0.926 bits per heavy atom. The molecule has 6 heteroatoms. The molecule has 0 unspecified atom stereocenters. The van der Waals surface area contributed by atoms with Crippen LogP contribution in [0.4, 0.5) is 0 Å². The van der Waals surface area contributed by atoms with Crippen molar-refractivity contribution in [1.29, 1.82) is 0 Å². The Labute approximate surface area is 174 Å². The van der Waals surface area contributed by atoms with Gasteiger partial charge in [0.15, 0.2) is 5.16 Å². The summed E-state index contributed by atoms with van der Waals surface area (Å²) in [4.78, 5) is 0. The number of halogens is 2. The number of hydrogen-bond donors (Lipinski definition) is 0. The Hall–Kier alpha value is -1.49. The maximum atomic E-state index is 6.30. The molecule has 0 spiro atoms. The minimum absolute atomic E-state index is 0.451. The molecule has 3 aromatic rings. The third-order valence-electron chi connectivity index (χ3n) is 5.00. The van der Waals surface area contributed by atoms with Gasteiger partial charge in [-0.3, -0.25) is 4.57 Å². The molecule has 0 amide bonds. The molecule has 0 N–H and O–H groups in total. The lowest BCUT2D eigenvalue weighted by Gasteiger charge is -2.22. The Kier molecular flexibility index (Phi) is 6.06. The highest BCUT2D eigenvalue weighted by atomic mass is 35.5. The Bertz CT molecular complexity index is 905. The van der Waals surface area contributed by atoms with Gasteiger partial charge in [0.05, 0.1) is 15.7 Å². The first-order chi connectivity index (χ1) is 13.2. The maximum absolute atomic E-state index is 6.30. The SMILES string of the molecule is Clc1ccc(-n2c(SCc3ccccc3)nnc2C2CCCCC2)cc1Cl. The second-order valence-corrected chi connectivity index (χ2v) is 8.64. The molecule has 0 saturated heterocycles. The normalized spacial score (nSPS) is 15.2. The van der Waals surface area contributed by atoms with Gasteiger partial charge in [-0.1, -0.05) is 84.6 Å². The summed E-state index contributed by atoms with van der Waals surface area (Å²) >= 11 is 14.1. The molecular formula is C21H21Cl2N3S. The highest BCUT2D eigenvalue weighted by molar-refractivity contribution is 7.98. The summed E-state index contributed by atoms with van der Waals surface area (Å²) in [6.07, 6.45) is 6.16. The fourth-order valence-corrected chi connectivity index (χ4v) is 4.80. The van der Waals surface area contributed by atoms with Crippen molar-refractivity contribution in [2.75, 3.05) is 0 Å². The number of thioether (sulfide) groups is 1. The Morgan fingerprint density at radius 2 is 1.70 bits per heavy atom. The number of nitrogens with zero attached hydrogens (tertiary/aromatic N) is 3. The molecule has 1 heterocycles. The molecule has 3 nitrogen and oxygen atoms in total. The predicted molar refractivity (Wildman–Crippen MR) is 113 cm³/mol. The lowest BCUT2D eigenvalue weighted by molar-refractivity contribution is 0.423. The second kappa shape index (κ2) is 8.68. The van der Waals surface area contributed by atoms with E-state index in [4.69, 9.17) is 23.2 Å². The fourth-order valence-electron chi connectivity index (χ4n) is 3.59. The quantitative estimate of drug-likeness (QED) is 0.422. The van der Waals surface area contributed by atoms with Crippen LogP contribution < -0.4 is 0 Å². The van der Waals surface area contributed by atoms with E-state index in [0.717, 1.165) is 22.4 Å². The van der Waals surface area contributed by atoms with Gasteiger partial charge in [0, 0.05) is 11.7 Å². The molecule has 140 valence electrons. The van der Waals surface area contributed by atoms with Crippen molar-refractivity contribution < 1.29 is 0 Å². The first kappa shape index (κ1) is 18.9. The van der Waals surface area contributed by atoms with E-state index in [1.165, 1.54) is 37.7 Å². The summed E-state index contributed by atoms with van der Waals surface area (Å²) in [7, 11) is 0. The highest BCUT2D eigenvalue weighted by Gasteiger charge is 2.24. The van der Waals surface area contributed by atoms with Gasteiger partial charge in [-0.25, -0.2) is 0 Å². The summed E-state index contributed by atoms with van der Waals surface area (Å²) < 4.78 is 2.17. The van der Waals surface area contributed by atoms with Gasteiger partial charge in [-0.15, -0.1) is 10.2 Å². The lowest BCUT2D eigenvalue weighted by atomic mass is 9.88. The lowest BCUT2D eigenvalue weighted by Crippen LogP contribution is -2.12. The molecule has 4 rings (SSSR count). The second-order valence-electron chi connectivity index (χ2n) is 6.88. The summed E-state index contributed by atoms with van der Waals surface area (Å²) in [5, 5.41) is 11.1. The van der Waals surface area contributed by atoms with Crippen LogP contribution in [0.1, 0.15) is 49.4 Å². The van der Waals surface area contributed by atoms with Crippen LogP contribution in [-0.4, -0.2) is 14.8 Å². The monoisotopic (exact) mass is 417 g/mol. The van der Waals surface area contributed by atoms with Crippen LogP contribution in [-0.2, 0) is 5.75 Å². The van der Waals surface area contributed by atoms with Gasteiger partial charge in [0.1, 0.15) is 5.82 Å². The standard InChI is InChI=1S/C21H21Cl2N3S/c22-18-12-11-17(13-19(18)23)26-20(16-9-5-2-6-10-16)24-25-21(26)27-14-15-7-3-1-4-8-15/h1,3-4,7-8,11-13,16H,2,5-6,9-10,14H2. The largest absolute Gasteiger partial charge is 0.274 e. The third kappa shape index (κ3) is 4.34.